The third-order valence-corrected chi connectivity index (χ3v) is 4.39. The summed E-state index contributed by atoms with van der Waals surface area (Å²) in [7, 11) is 1.63. The van der Waals surface area contributed by atoms with E-state index in [0.717, 1.165) is 27.8 Å². The SMILES string of the molecule is COc1ccc(-c2cccc3ncnc(-c4cccc([N+](=O)[O-])c4)c23)cc1. The van der Waals surface area contributed by atoms with Gasteiger partial charge in [0.15, 0.2) is 0 Å². The van der Waals surface area contributed by atoms with Crippen molar-refractivity contribution in [2.45, 2.75) is 0 Å². The molecule has 1 heterocycles. The van der Waals surface area contributed by atoms with Crippen LogP contribution in [0, 0.1) is 10.1 Å². The number of benzene rings is 3. The zero-order chi connectivity index (χ0) is 18.8. The number of methoxy groups -OCH3 is 1. The van der Waals surface area contributed by atoms with Crippen LogP contribution < -0.4 is 4.74 Å². The summed E-state index contributed by atoms with van der Waals surface area (Å²) in [6.45, 7) is 0. The fourth-order valence-corrected chi connectivity index (χ4v) is 3.11. The molecule has 4 rings (SSSR count). The van der Waals surface area contributed by atoms with E-state index in [0.29, 0.717) is 11.3 Å². The van der Waals surface area contributed by atoms with Gasteiger partial charge in [0.1, 0.15) is 12.1 Å². The minimum absolute atomic E-state index is 0.0289. The predicted octanol–water partition coefficient (Wildman–Crippen LogP) is 4.88. The topological polar surface area (TPSA) is 78.2 Å². The summed E-state index contributed by atoms with van der Waals surface area (Å²) in [6.07, 6.45) is 1.48. The van der Waals surface area contributed by atoms with Crippen molar-refractivity contribution >= 4 is 16.6 Å². The lowest BCUT2D eigenvalue weighted by Gasteiger charge is -2.11. The summed E-state index contributed by atoms with van der Waals surface area (Å²) < 4.78 is 5.23. The highest BCUT2D eigenvalue weighted by Gasteiger charge is 2.14. The van der Waals surface area contributed by atoms with Crippen molar-refractivity contribution in [1.29, 1.82) is 0 Å². The lowest BCUT2D eigenvalue weighted by molar-refractivity contribution is -0.384. The molecule has 0 aliphatic rings. The molecule has 0 saturated heterocycles. The van der Waals surface area contributed by atoms with E-state index in [1.54, 1.807) is 13.2 Å². The first-order valence-electron chi connectivity index (χ1n) is 8.30. The van der Waals surface area contributed by atoms with E-state index in [9.17, 15) is 10.1 Å². The standard InChI is InChI=1S/C21H15N3O3/c1-27-17-10-8-14(9-11-17)18-6-3-7-19-20(18)21(23-13-22-19)15-4-2-5-16(12-15)24(25)26/h2-13H,1H3. The molecule has 0 radical (unpaired) electrons. The minimum Gasteiger partial charge on any atom is -0.497 e. The molecule has 6 nitrogen and oxygen atoms in total. The Morgan fingerprint density at radius 3 is 2.44 bits per heavy atom. The number of nitro groups is 1. The second-order valence-corrected chi connectivity index (χ2v) is 5.96. The summed E-state index contributed by atoms with van der Waals surface area (Å²) in [5, 5.41) is 12.0. The third-order valence-electron chi connectivity index (χ3n) is 4.39. The molecule has 0 N–H and O–H groups in total. The highest BCUT2D eigenvalue weighted by atomic mass is 16.6. The molecule has 0 fully saturated rings. The molecule has 27 heavy (non-hydrogen) atoms. The van der Waals surface area contributed by atoms with Gasteiger partial charge in [0.05, 0.1) is 23.2 Å². The Bertz CT molecular complexity index is 1140. The minimum atomic E-state index is -0.405. The van der Waals surface area contributed by atoms with Gasteiger partial charge in [-0.15, -0.1) is 0 Å². The normalized spacial score (nSPS) is 10.7. The molecule has 0 spiro atoms. The van der Waals surface area contributed by atoms with Gasteiger partial charge in [-0.2, -0.15) is 0 Å². The first kappa shape index (κ1) is 16.7. The van der Waals surface area contributed by atoms with E-state index in [4.69, 9.17) is 4.74 Å². The number of ether oxygens (including phenoxy) is 1. The Morgan fingerprint density at radius 2 is 1.70 bits per heavy atom. The first-order valence-corrected chi connectivity index (χ1v) is 8.30. The van der Waals surface area contributed by atoms with Crippen molar-refractivity contribution in [3.63, 3.8) is 0 Å². The molecule has 0 aliphatic carbocycles. The van der Waals surface area contributed by atoms with Gasteiger partial charge >= 0.3 is 0 Å². The Morgan fingerprint density at radius 1 is 0.926 bits per heavy atom. The largest absolute Gasteiger partial charge is 0.497 e. The second kappa shape index (κ2) is 6.84. The van der Waals surface area contributed by atoms with Crippen molar-refractivity contribution in [2.24, 2.45) is 0 Å². The van der Waals surface area contributed by atoms with Gasteiger partial charge in [-0.05, 0) is 29.3 Å². The molecule has 1 aromatic heterocycles. The number of hydrogen-bond donors (Lipinski definition) is 0. The van der Waals surface area contributed by atoms with Gasteiger partial charge in [-0.3, -0.25) is 10.1 Å². The molecule has 0 saturated carbocycles. The fraction of sp³-hybridized carbons (Fsp3) is 0.0476. The maximum Gasteiger partial charge on any atom is 0.270 e. The Balaban J connectivity index is 1.97. The number of nitrogens with zero attached hydrogens (tertiary/aromatic N) is 3. The van der Waals surface area contributed by atoms with Crippen molar-refractivity contribution in [3.8, 4) is 28.1 Å². The van der Waals surface area contributed by atoms with Crippen LogP contribution in [0.3, 0.4) is 0 Å². The maximum atomic E-state index is 11.2. The van der Waals surface area contributed by atoms with Gasteiger partial charge in [-0.1, -0.05) is 36.4 Å². The molecule has 0 atom stereocenters. The maximum absolute atomic E-state index is 11.2. The molecule has 0 aliphatic heterocycles. The highest BCUT2D eigenvalue weighted by Crippen LogP contribution is 2.35. The number of nitro benzene ring substituents is 1. The van der Waals surface area contributed by atoms with Gasteiger partial charge < -0.3 is 4.74 Å². The number of rotatable bonds is 4. The Hall–Kier alpha value is -3.80. The number of aromatic nitrogens is 2. The molecule has 0 amide bonds. The van der Waals surface area contributed by atoms with E-state index in [1.807, 2.05) is 48.5 Å². The predicted molar refractivity (Wildman–Crippen MR) is 104 cm³/mol. The molecule has 0 unspecified atom stereocenters. The smallest absolute Gasteiger partial charge is 0.270 e. The van der Waals surface area contributed by atoms with Crippen LogP contribution in [0.25, 0.3) is 33.3 Å². The van der Waals surface area contributed by atoms with Crippen LogP contribution in [0.5, 0.6) is 5.75 Å². The summed E-state index contributed by atoms with van der Waals surface area (Å²) in [6, 6.07) is 20.1. The van der Waals surface area contributed by atoms with Gasteiger partial charge in [0.2, 0.25) is 0 Å². The Labute approximate surface area is 155 Å². The third kappa shape index (κ3) is 3.08. The van der Waals surface area contributed by atoms with E-state index >= 15 is 0 Å². The molecule has 0 bridgehead atoms. The van der Waals surface area contributed by atoms with Crippen LogP contribution in [0.1, 0.15) is 0 Å². The second-order valence-electron chi connectivity index (χ2n) is 5.96. The Kier molecular flexibility index (Phi) is 4.22. The van der Waals surface area contributed by atoms with E-state index in [2.05, 4.69) is 9.97 Å². The van der Waals surface area contributed by atoms with E-state index in [-0.39, 0.29) is 5.69 Å². The number of non-ortho nitro benzene ring substituents is 1. The van der Waals surface area contributed by atoms with Crippen molar-refractivity contribution in [1.82, 2.24) is 9.97 Å². The average molecular weight is 357 g/mol. The van der Waals surface area contributed by atoms with Crippen LogP contribution in [0.15, 0.2) is 73.1 Å². The lowest BCUT2D eigenvalue weighted by atomic mass is 9.96. The van der Waals surface area contributed by atoms with Crippen LogP contribution in [-0.4, -0.2) is 22.0 Å². The quantitative estimate of drug-likeness (QED) is 0.384. The fourth-order valence-electron chi connectivity index (χ4n) is 3.11. The van der Waals surface area contributed by atoms with Crippen molar-refractivity contribution < 1.29 is 9.66 Å². The van der Waals surface area contributed by atoms with Gasteiger partial charge in [0, 0.05) is 23.1 Å². The van der Waals surface area contributed by atoms with Crippen molar-refractivity contribution in [2.75, 3.05) is 7.11 Å². The number of hydrogen-bond acceptors (Lipinski definition) is 5. The van der Waals surface area contributed by atoms with Crippen LogP contribution in [-0.2, 0) is 0 Å². The molecule has 4 aromatic rings. The van der Waals surface area contributed by atoms with Gasteiger partial charge in [-0.25, -0.2) is 9.97 Å². The first-order chi connectivity index (χ1) is 13.2. The van der Waals surface area contributed by atoms with Gasteiger partial charge in [0.25, 0.3) is 5.69 Å². The number of fused-ring (bicyclic) bond motifs is 1. The van der Waals surface area contributed by atoms with Crippen LogP contribution >= 0.6 is 0 Å². The summed E-state index contributed by atoms with van der Waals surface area (Å²) in [4.78, 5) is 19.6. The highest BCUT2D eigenvalue weighted by molar-refractivity contribution is 6.03. The molecular formula is C21H15N3O3. The molecular weight excluding hydrogens is 342 g/mol. The average Bonchev–Trinajstić information content (AvgIpc) is 2.73. The molecule has 132 valence electrons. The van der Waals surface area contributed by atoms with E-state index in [1.165, 1.54) is 18.5 Å². The molecule has 6 heteroatoms. The zero-order valence-corrected chi connectivity index (χ0v) is 14.5. The summed E-state index contributed by atoms with van der Waals surface area (Å²) >= 11 is 0. The van der Waals surface area contributed by atoms with E-state index < -0.39 is 4.92 Å². The van der Waals surface area contributed by atoms with Crippen LogP contribution in [0.4, 0.5) is 5.69 Å². The van der Waals surface area contributed by atoms with Crippen molar-refractivity contribution in [3.05, 3.63) is 83.2 Å². The molecule has 3 aromatic carbocycles. The van der Waals surface area contributed by atoms with Crippen LogP contribution in [0.2, 0.25) is 0 Å². The summed E-state index contributed by atoms with van der Waals surface area (Å²) in [5.41, 5.74) is 4.09. The monoisotopic (exact) mass is 357 g/mol. The lowest BCUT2D eigenvalue weighted by Crippen LogP contribution is -1.93. The zero-order valence-electron chi connectivity index (χ0n) is 14.5. The summed E-state index contributed by atoms with van der Waals surface area (Å²) in [5.74, 6) is 0.772.